The Balaban J connectivity index is 1.67. The van der Waals surface area contributed by atoms with E-state index in [1.807, 2.05) is 0 Å². The molecule has 0 fully saturated rings. The first-order valence-electron chi connectivity index (χ1n) is 10.6. The summed E-state index contributed by atoms with van der Waals surface area (Å²) < 4.78 is 12.6. The van der Waals surface area contributed by atoms with Crippen LogP contribution in [0.2, 0.25) is 0 Å². The molecule has 11 nitrogen and oxygen atoms in total. The number of aromatic nitrogens is 2. The summed E-state index contributed by atoms with van der Waals surface area (Å²) in [6, 6.07) is 7.82. The molecule has 2 aliphatic rings. The zero-order valence-corrected chi connectivity index (χ0v) is 18.1. The number of rotatable bonds is 6. The fourth-order valence-corrected chi connectivity index (χ4v) is 4.63. The second-order valence-corrected chi connectivity index (χ2v) is 8.19. The van der Waals surface area contributed by atoms with Crippen LogP contribution in [0.1, 0.15) is 36.5 Å². The Labute approximate surface area is 191 Å². The average Bonchev–Trinajstić information content (AvgIpc) is 3.16. The Morgan fingerprint density at radius 2 is 2.12 bits per heavy atom. The number of aliphatic carboxylic acids is 1. The molecule has 3 aromatic rings. The predicted molar refractivity (Wildman–Crippen MR) is 117 cm³/mol. The maximum absolute atomic E-state index is 13.4. The number of hydrogen-bond donors (Lipinski definition) is 1. The van der Waals surface area contributed by atoms with Gasteiger partial charge in [-0.2, -0.15) is 0 Å². The summed E-state index contributed by atoms with van der Waals surface area (Å²) >= 11 is 0. The molecule has 0 aliphatic carbocycles. The van der Waals surface area contributed by atoms with Crippen LogP contribution in [0.4, 0.5) is 5.69 Å². The van der Waals surface area contributed by atoms with Gasteiger partial charge in [0.1, 0.15) is 6.61 Å². The SMILES string of the molecule is CC[C@@]1(OCCC(=O)O)C(=O)OCc2c1cc1n(c2=O)Cc2cc3cc([N+](=O)[O-])ccc3nc2-1. The third-order valence-corrected chi connectivity index (χ3v) is 6.33. The lowest BCUT2D eigenvalue weighted by molar-refractivity contribution is -0.384. The third kappa shape index (κ3) is 3.16. The van der Waals surface area contributed by atoms with Crippen LogP contribution in [-0.4, -0.2) is 38.1 Å². The number of cyclic esters (lactones) is 1. The number of ether oxygens (including phenoxy) is 2. The number of fused-ring (bicyclic) bond motifs is 5. The van der Waals surface area contributed by atoms with Gasteiger partial charge in [0.2, 0.25) is 0 Å². The molecule has 0 spiro atoms. The molecule has 0 saturated heterocycles. The van der Waals surface area contributed by atoms with E-state index in [2.05, 4.69) is 4.98 Å². The van der Waals surface area contributed by atoms with E-state index in [4.69, 9.17) is 14.6 Å². The number of carbonyl (C=O) groups excluding carboxylic acids is 1. The van der Waals surface area contributed by atoms with E-state index in [9.17, 15) is 24.5 Å². The van der Waals surface area contributed by atoms with E-state index >= 15 is 0 Å². The van der Waals surface area contributed by atoms with Crippen molar-refractivity contribution in [2.45, 2.75) is 38.5 Å². The summed E-state index contributed by atoms with van der Waals surface area (Å²) in [6.07, 6.45) is -0.167. The van der Waals surface area contributed by atoms with Crippen molar-refractivity contribution in [3.63, 3.8) is 0 Å². The highest BCUT2D eigenvalue weighted by molar-refractivity contribution is 5.87. The quantitative estimate of drug-likeness (QED) is 0.257. The van der Waals surface area contributed by atoms with Crippen molar-refractivity contribution >= 4 is 28.5 Å². The molecule has 11 heteroatoms. The Bertz CT molecular complexity index is 1460. The molecule has 174 valence electrons. The summed E-state index contributed by atoms with van der Waals surface area (Å²) in [5.41, 5.74) is 0.893. The fourth-order valence-electron chi connectivity index (χ4n) is 4.63. The van der Waals surface area contributed by atoms with Crippen molar-refractivity contribution in [3.05, 3.63) is 67.5 Å². The van der Waals surface area contributed by atoms with Gasteiger partial charge in [-0.3, -0.25) is 19.7 Å². The van der Waals surface area contributed by atoms with Crippen LogP contribution in [0.5, 0.6) is 0 Å². The number of nitrogens with zero attached hydrogens (tertiary/aromatic N) is 3. The number of hydrogen-bond acceptors (Lipinski definition) is 8. The molecule has 34 heavy (non-hydrogen) atoms. The van der Waals surface area contributed by atoms with Gasteiger partial charge in [0.25, 0.3) is 11.2 Å². The van der Waals surface area contributed by atoms with E-state index < -0.39 is 22.5 Å². The number of pyridine rings is 2. The van der Waals surface area contributed by atoms with Crippen LogP contribution in [0.3, 0.4) is 0 Å². The molecule has 0 saturated carbocycles. The molecule has 1 atom stereocenters. The molecular weight excluding hydrogens is 446 g/mol. The van der Waals surface area contributed by atoms with Crippen LogP contribution in [0, 0.1) is 10.1 Å². The van der Waals surface area contributed by atoms with Crippen molar-refractivity contribution in [1.82, 2.24) is 9.55 Å². The van der Waals surface area contributed by atoms with Crippen LogP contribution in [0.25, 0.3) is 22.3 Å². The Morgan fingerprint density at radius 3 is 2.82 bits per heavy atom. The van der Waals surface area contributed by atoms with Gasteiger partial charge in [0.05, 0.1) is 47.0 Å². The number of benzene rings is 1. The Morgan fingerprint density at radius 1 is 1.32 bits per heavy atom. The van der Waals surface area contributed by atoms with Crippen molar-refractivity contribution < 1.29 is 29.1 Å². The number of nitro groups is 1. The Kier molecular flexibility index (Phi) is 4.94. The minimum Gasteiger partial charge on any atom is -0.481 e. The molecule has 2 aromatic heterocycles. The summed E-state index contributed by atoms with van der Waals surface area (Å²) in [5.74, 6) is -1.75. The van der Waals surface area contributed by atoms with Gasteiger partial charge in [0.15, 0.2) is 5.60 Å². The summed E-state index contributed by atoms with van der Waals surface area (Å²) in [4.78, 5) is 52.5. The van der Waals surface area contributed by atoms with Gasteiger partial charge >= 0.3 is 11.9 Å². The predicted octanol–water partition coefficient (Wildman–Crippen LogP) is 2.49. The molecule has 0 radical (unpaired) electrons. The van der Waals surface area contributed by atoms with Crippen LogP contribution < -0.4 is 5.56 Å². The number of carboxylic acids is 1. The average molecular weight is 465 g/mol. The maximum atomic E-state index is 13.4. The first kappa shape index (κ1) is 21.7. The molecule has 4 heterocycles. The lowest BCUT2D eigenvalue weighted by Crippen LogP contribution is -2.46. The lowest BCUT2D eigenvalue weighted by Gasteiger charge is -2.36. The second kappa shape index (κ2) is 7.73. The molecule has 1 N–H and O–H groups in total. The zero-order chi connectivity index (χ0) is 24.2. The summed E-state index contributed by atoms with van der Waals surface area (Å²) in [7, 11) is 0. The first-order chi connectivity index (χ1) is 16.2. The fraction of sp³-hybridized carbons (Fsp3) is 0.304. The van der Waals surface area contributed by atoms with Crippen LogP contribution in [-0.2, 0) is 37.8 Å². The molecule has 5 rings (SSSR count). The largest absolute Gasteiger partial charge is 0.481 e. The molecule has 0 bridgehead atoms. The van der Waals surface area contributed by atoms with Gasteiger partial charge in [0, 0.05) is 28.6 Å². The molecule has 0 unspecified atom stereocenters. The topological polar surface area (TPSA) is 151 Å². The highest BCUT2D eigenvalue weighted by Crippen LogP contribution is 2.41. The van der Waals surface area contributed by atoms with Crippen molar-refractivity contribution in [3.8, 4) is 11.4 Å². The van der Waals surface area contributed by atoms with Gasteiger partial charge in [-0.1, -0.05) is 6.92 Å². The number of esters is 1. The number of non-ortho nitro benzene ring substituents is 1. The van der Waals surface area contributed by atoms with E-state index in [1.165, 1.54) is 16.7 Å². The number of carbonyl (C=O) groups is 2. The molecule has 2 aliphatic heterocycles. The van der Waals surface area contributed by atoms with E-state index in [1.54, 1.807) is 25.1 Å². The van der Waals surface area contributed by atoms with E-state index in [0.717, 1.165) is 0 Å². The first-order valence-corrected chi connectivity index (χ1v) is 10.6. The third-order valence-electron chi connectivity index (χ3n) is 6.33. The van der Waals surface area contributed by atoms with E-state index in [-0.39, 0.29) is 49.4 Å². The maximum Gasteiger partial charge on any atom is 0.343 e. The monoisotopic (exact) mass is 465 g/mol. The van der Waals surface area contributed by atoms with Gasteiger partial charge in [-0.25, -0.2) is 9.78 Å². The van der Waals surface area contributed by atoms with Crippen LogP contribution >= 0.6 is 0 Å². The van der Waals surface area contributed by atoms with Crippen molar-refractivity contribution in [2.75, 3.05) is 6.61 Å². The second-order valence-electron chi connectivity index (χ2n) is 8.19. The van der Waals surface area contributed by atoms with Gasteiger partial charge < -0.3 is 19.1 Å². The summed E-state index contributed by atoms with van der Waals surface area (Å²) in [5, 5.41) is 20.7. The minimum absolute atomic E-state index is 0.0562. The van der Waals surface area contributed by atoms with Gasteiger partial charge in [-0.05, 0) is 24.6 Å². The minimum atomic E-state index is -1.60. The molecular formula is C23H19N3O8. The summed E-state index contributed by atoms with van der Waals surface area (Å²) in [6.45, 7) is 1.48. The zero-order valence-electron chi connectivity index (χ0n) is 18.1. The molecule has 1 aromatic carbocycles. The van der Waals surface area contributed by atoms with Gasteiger partial charge in [-0.15, -0.1) is 0 Å². The molecule has 0 amide bonds. The van der Waals surface area contributed by atoms with Crippen molar-refractivity contribution in [2.24, 2.45) is 0 Å². The number of nitro benzene ring substituents is 1. The lowest BCUT2D eigenvalue weighted by atomic mass is 9.85. The van der Waals surface area contributed by atoms with E-state index in [0.29, 0.717) is 33.4 Å². The highest BCUT2D eigenvalue weighted by atomic mass is 16.6. The van der Waals surface area contributed by atoms with Crippen molar-refractivity contribution in [1.29, 1.82) is 0 Å². The Hall–Kier alpha value is -4.12. The van der Waals surface area contributed by atoms with Crippen LogP contribution in [0.15, 0.2) is 35.1 Å². The highest BCUT2D eigenvalue weighted by Gasteiger charge is 2.48. The normalized spacial score (nSPS) is 18.2. The standard InChI is InChI=1S/C23H19N3O8/c1-2-23(34-6-5-19(27)28)16-9-18-20-13(10-25(18)21(29)15(16)11-33-22(23)30)7-12-8-14(26(31)32)3-4-17(12)24-20/h3-4,7-9H,2,5-6,10-11H2,1H3,(H,27,28)/t23-/m0/s1. The smallest absolute Gasteiger partial charge is 0.343 e. The number of carboxylic acid groups (broad SMARTS) is 1.